The fourth-order valence-electron chi connectivity index (χ4n) is 3.42. The lowest BCUT2D eigenvalue weighted by Crippen LogP contribution is -2.32. The number of hydrogen-bond acceptors (Lipinski definition) is 7. The van der Waals surface area contributed by atoms with Gasteiger partial charge in [-0.05, 0) is 48.4 Å². The zero-order valence-corrected chi connectivity index (χ0v) is 17.6. The second kappa shape index (κ2) is 10.2. The molecule has 2 amide bonds. The number of nitrogens with two attached hydrogens (primary N) is 1. The summed E-state index contributed by atoms with van der Waals surface area (Å²) in [6.45, 7) is 0.568. The number of thioether (sulfide) groups is 1. The van der Waals surface area contributed by atoms with Crippen molar-refractivity contribution < 1.29 is 19.6 Å². The van der Waals surface area contributed by atoms with Crippen LogP contribution >= 0.6 is 23.1 Å². The quantitative estimate of drug-likeness (QED) is 0.317. The van der Waals surface area contributed by atoms with Crippen molar-refractivity contribution in [3.8, 4) is 10.4 Å². The third-order valence-corrected chi connectivity index (χ3v) is 7.89. The first-order valence-electron chi connectivity index (χ1n) is 9.47. The lowest BCUT2D eigenvalue weighted by molar-refractivity contribution is -0.129. The Balaban J connectivity index is 1.87. The van der Waals surface area contributed by atoms with Gasteiger partial charge < -0.3 is 5.73 Å². The van der Waals surface area contributed by atoms with Crippen molar-refractivity contribution in [2.24, 2.45) is 5.73 Å². The van der Waals surface area contributed by atoms with Crippen molar-refractivity contribution in [3.05, 3.63) is 41.3 Å². The summed E-state index contributed by atoms with van der Waals surface area (Å²) in [6, 6.07) is 11.6. The minimum absolute atomic E-state index is 0.249. The SMILES string of the molecule is NCCON(C=O)c1cccc(-c2ccc([C@@]3(CC(=O)NO)CCCCS3)s2)c1. The molecule has 156 valence electrons. The van der Waals surface area contributed by atoms with Crippen molar-refractivity contribution >= 4 is 41.1 Å². The van der Waals surface area contributed by atoms with E-state index in [1.165, 1.54) is 5.06 Å². The number of carbonyl (C=O) groups excluding carboxylic acids is 2. The van der Waals surface area contributed by atoms with Gasteiger partial charge in [0, 0.05) is 22.7 Å². The average molecular weight is 436 g/mol. The molecule has 1 saturated heterocycles. The summed E-state index contributed by atoms with van der Waals surface area (Å²) in [5.74, 6) is 0.629. The van der Waals surface area contributed by atoms with E-state index in [-0.39, 0.29) is 23.7 Å². The summed E-state index contributed by atoms with van der Waals surface area (Å²) in [5, 5.41) is 10.2. The van der Waals surface area contributed by atoms with E-state index in [9.17, 15) is 9.59 Å². The van der Waals surface area contributed by atoms with Gasteiger partial charge in [-0.2, -0.15) is 5.06 Å². The number of hydrogen-bond donors (Lipinski definition) is 3. The molecule has 7 nitrogen and oxygen atoms in total. The van der Waals surface area contributed by atoms with Gasteiger partial charge in [0.15, 0.2) is 0 Å². The Morgan fingerprint density at radius 1 is 1.34 bits per heavy atom. The Morgan fingerprint density at radius 3 is 2.90 bits per heavy atom. The van der Waals surface area contributed by atoms with Gasteiger partial charge in [0.05, 0.1) is 17.0 Å². The maximum atomic E-state index is 11.9. The molecule has 0 aliphatic carbocycles. The number of benzene rings is 1. The first kappa shape index (κ1) is 21.8. The van der Waals surface area contributed by atoms with E-state index in [0.717, 1.165) is 40.3 Å². The van der Waals surface area contributed by atoms with E-state index < -0.39 is 0 Å². The monoisotopic (exact) mass is 435 g/mol. The van der Waals surface area contributed by atoms with Crippen molar-refractivity contribution in [1.82, 2.24) is 5.48 Å². The Kier molecular flexibility index (Phi) is 7.68. The largest absolute Gasteiger partial charge is 0.328 e. The van der Waals surface area contributed by atoms with Gasteiger partial charge in [0.25, 0.3) is 0 Å². The molecule has 2 heterocycles. The van der Waals surface area contributed by atoms with Crippen molar-refractivity contribution in [2.75, 3.05) is 24.0 Å². The van der Waals surface area contributed by atoms with Gasteiger partial charge >= 0.3 is 0 Å². The fourth-order valence-corrected chi connectivity index (χ4v) is 6.31. The zero-order valence-electron chi connectivity index (χ0n) is 16.0. The average Bonchev–Trinajstić information content (AvgIpc) is 3.26. The van der Waals surface area contributed by atoms with E-state index >= 15 is 0 Å². The van der Waals surface area contributed by atoms with Crippen LogP contribution in [0.4, 0.5) is 5.69 Å². The van der Waals surface area contributed by atoms with Crippen LogP contribution in [-0.4, -0.2) is 36.4 Å². The molecule has 0 radical (unpaired) electrons. The van der Waals surface area contributed by atoms with Crippen molar-refractivity contribution in [1.29, 1.82) is 0 Å². The molecule has 0 bridgehead atoms. The third-order valence-electron chi connectivity index (χ3n) is 4.81. The Hall–Kier alpha value is -1.91. The number of carbonyl (C=O) groups is 2. The topological polar surface area (TPSA) is 105 Å². The molecule has 0 unspecified atom stereocenters. The molecule has 0 spiro atoms. The Morgan fingerprint density at radius 2 is 2.21 bits per heavy atom. The summed E-state index contributed by atoms with van der Waals surface area (Å²) in [7, 11) is 0. The van der Waals surface area contributed by atoms with Crippen LogP contribution in [0.3, 0.4) is 0 Å². The molecule has 0 saturated carbocycles. The molecule has 4 N–H and O–H groups in total. The molecule has 1 aliphatic rings. The molecule has 1 aromatic heterocycles. The molecular weight excluding hydrogens is 410 g/mol. The van der Waals surface area contributed by atoms with Crippen LogP contribution in [0.5, 0.6) is 0 Å². The predicted molar refractivity (Wildman–Crippen MR) is 116 cm³/mol. The first-order valence-corrected chi connectivity index (χ1v) is 11.3. The molecule has 1 atom stereocenters. The van der Waals surface area contributed by atoms with Gasteiger partial charge in [-0.15, -0.1) is 23.1 Å². The molecule has 1 fully saturated rings. The maximum absolute atomic E-state index is 11.9. The van der Waals surface area contributed by atoms with Crippen LogP contribution in [0.1, 0.15) is 30.6 Å². The van der Waals surface area contributed by atoms with E-state index in [2.05, 4.69) is 6.07 Å². The number of thiophene rings is 1. The molecule has 1 aromatic carbocycles. The number of hydroxylamine groups is 2. The van der Waals surface area contributed by atoms with Gasteiger partial charge in [-0.1, -0.05) is 18.6 Å². The summed E-state index contributed by atoms with van der Waals surface area (Å²) < 4.78 is -0.315. The van der Waals surface area contributed by atoms with Gasteiger partial charge in [0.2, 0.25) is 12.3 Å². The van der Waals surface area contributed by atoms with Crippen LogP contribution in [0, 0.1) is 0 Å². The van der Waals surface area contributed by atoms with Crippen LogP contribution < -0.4 is 16.3 Å². The summed E-state index contributed by atoms with van der Waals surface area (Å²) in [5.41, 5.74) is 8.82. The highest BCUT2D eigenvalue weighted by Gasteiger charge is 2.38. The smallest absolute Gasteiger partial charge is 0.245 e. The van der Waals surface area contributed by atoms with Crippen LogP contribution in [0.15, 0.2) is 36.4 Å². The highest BCUT2D eigenvalue weighted by molar-refractivity contribution is 8.00. The number of anilines is 1. The minimum atomic E-state index is -0.366. The highest BCUT2D eigenvalue weighted by Crippen LogP contribution is 2.50. The standard InChI is InChI=1S/C20H25N3O4S2/c21-9-10-27-23(14-24)16-5-3-4-15(12-16)17-6-7-18(29-17)20(13-19(25)22-26)8-1-2-11-28-20/h3-7,12,14,26H,1-2,8-11,13,21H2,(H,22,25)/t20-/m0/s1. The van der Waals surface area contributed by atoms with Gasteiger partial charge in [-0.3, -0.25) is 19.6 Å². The predicted octanol–water partition coefficient (Wildman–Crippen LogP) is 3.28. The fraction of sp³-hybridized carbons (Fsp3) is 0.400. The van der Waals surface area contributed by atoms with Crippen molar-refractivity contribution in [2.45, 2.75) is 30.4 Å². The van der Waals surface area contributed by atoms with E-state index in [1.807, 2.05) is 24.3 Å². The maximum Gasteiger partial charge on any atom is 0.245 e. The number of rotatable bonds is 9. The Labute approximate surface area is 178 Å². The van der Waals surface area contributed by atoms with Crippen molar-refractivity contribution in [3.63, 3.8) is 0 Å². The minimum Gasteiger partial charge on any atom is -0.328 e. The third kappa shape index (κ3) is 5.18. The van der Waals surface area contributed by atoms with Crippen LogP contribution in [-0.2, 0) is 19.2 Å². The molecular formula is C20H25N3O4S2. The van der Waals surface area contributed by atoms with Crippen LogP contribution in [0.2, 0.25) is 0 Å². The van der Waals surface area contributed by atoms with Crippen LogP contribution in [0.25, 0.3) is 10.4 Å². The van der Waals surface area contributed by atoms with Gasteiger partial charge in [-0.25, -0.2) is 5.48 Å². The van der Waals surface area contributed by atoms with E-state index in [1.54, 1.807) is 34.6 Å². The molecule has 2 aromatic rings. The Bertz CT molecular complexity index is 837. The molecule has 3 rings (SSSR count). The van der Waals surface area contributed by atoms with Gasteiger partial charge in [0.1, 0.15) is 0 Å². The first-order chi connectivity index (χ1) is 14.1. The molecule has 9 heteroatoms. The molecule has 1 aliphatic heterocycles. The number of nitrogens with one attached hydrogen (secondary N) is 1. The lowest BCUT2D eigenvalue weighted by Gasteiger charge is -2.35. The highest BCUT2D eigenvalue weighted by atomic mass is 32.2. The number of nitrogens with zero attached hydrogens (tertiary/aromatic N) is 1. The molecule has 29 heavy (non-hydrogen) atoms. The van der Waals surface area contributed by atoms with E-state index in [4.69, 9.17) is 15.8 Å². The second-order valence-electron chi connectivity index (χ2n) is 6.78. The normalized spacial score (nSPS) is 19.0. The lowest BCUT2D eigenvalue weighted by atomic mass is 9.94. The summed E-state index contributed by atoms with van der Waals surface area (Å²) in [4.78, 5) is 30.8. The van der Waals surface area contributed by atoms with E-state index in [0.29, 0.717) is 18.6 Å². The summed E-state index contributed by atoms with van der Waals surface area (Å²) >= 11 is 3.43. The second-order valence-corrected chi connectivity index (χ2v) is 9.34. The summed E-state index contributed by atoms with van der Waals surface area (Å²) in [6.07, 6.45) is 3.96. The zero-order chi connectivity index (χ0) is 20.7. The number of amides is 2.